The minimum absolute atomic E-state index is 0.100. The molecule has 0 unspecified atom stereocenters. The molecule has 15 heavy (non-hydrogen) atoms. The highest BCUT2D eigenvalue weighted by Gasteiger charge is 2.33. The predicted molar refractivity (Wildman–Crippen MR) is 61.1 cm³/mol. The number of amides is 1. The van der Waals surface area contributed by atoms with Crippen LogP contribution in [0.2, 0.25) is 0 Å². The Labute approximate surface area is 96.4 Å². The van der Waals surface area contributed by atoms with Gasteiger partial charge >= 0.3 is 0 Å². The third-order valence-electron chi connectivity index (χ3n) is 3.48. The van der Waals surface area contributed by atoms with Gasteiger partial charge in [-0.3, -0.25) is 4.79 Å². The number of hydrogen-bond acceptors (Lipinski definition) is 2. The Kier molecular flexibility index (Phi) is 3.52. The number of halogens is 1. The number of likely N-dealkylation sites (tertiary alicyclic amines) is 1. The van der Waals surface area contributed by atoms with Gasteiger partial charge in [0, 0.05) is 25.2 Å². The highest BCUT2D eigenvalue weighted by Crippen LogP contribution is 2.27. The molecule has 0 bridgehead atoms. The van der Waals surface area contributed by atoms with Crippen molar-refractivity contribution < 1.29 is 4.79 Å². The molecule has 1 saturated heterocycles. The fourth-order valence-corrected chi connectivity index (χ4v) is 2.58. The number of carbonyl (C=O) groups is 1. The van der Waals surface area contributed by atoms with Gasteiger partial charge in [-0.15, -0.1) is 11.6 Å². The van der Waals surface area contributed by atoms with Crippen LogP contribution >= 0.6 is 11.6 Å². The molecule has 1 heterocycles. The number of hydrogen-bond donors (Lipinski definition) is 0. The topological polar surface area (TPSA) is 23.6 Å². The standard InChI is InChI=1S/C11H19ClN2O/c1-13(9-4-5-9)8-10-3-2-6-14(10)11(15)7-12/h9-10H,2-8H2,1H3/t10-/m0/s1. The Morgan fingerprint density at radius 1 is 1.47 bits per heavy atom. The summed E-state index contributed by atoms with van der Waals surface area (Å²) in [6.45, 7) is 1.92. The first-order valence-corrected chi connectivity index (χ1v) is 6.31. The summed E-state index contributed by atoms with van der Waals surface area (Å²) < 4.78 is 0. The second-order valence-electron chi connectivity index (χ2n) is 4.69. The first kappa shape index (κ1) is 11.2. The lowest BCUT2D eigenvalue weighted by molar-refractivity contribution is -0.129. The predicted octanol–water partition coefficient (Wildman–Crippen LogP) is 1.31. The van der Waals surface area contributed by atoms with E-state index in [2.05, 4.69) is 11.9 Å². The van der Waals surface area contributed by atoms with Gasteiger partial charge in [0.25, 0.3) is 0 Å². The molecule has 0 aromatic rings. The highest BCUT2D eigenvalue weighted by atomic mass is 35.5. The first-order chi connectivity index (χ1) is 7.22. The molecular formula is C11H19ClN2O. The van der Waals surface area contributed by atoms with Crippen LogP contribution in [0.1, 0.15) is 25.7 Å². The van der Waals surface area contributed by atoms with E-state index >= 15 is 0 Å². The molecule has 0 spiro atoms. The van der Waals surface area contributed by atoms with E-state index in [-0.39, 0.29) is 11.8 Å². The molecule has 0 N–H and O–H groups in total. The van der Waals surface area contributed by atoms with Crippen molar-refractivity contribution in [2.75, 3.05) is 26.0 Å². The van der Waals surface area contributed by atoms with Crippen LogP contribution in [0.4, 0.5) is 0 Å². The van der Waals surface area contributed by atoms with Gasteiger partial charge in [-0.05, 0) is 32.7 Å². The number of nitrogens with zero attached hydrogens (tertiary/aromatic N) is 2. The molecule has 4 heteroatoms. The third kappa shape index (κ3) is 2.64. The Balaban J connectivity index is 1.86. The van der Waals surface area contributed by atoms with E-state index in [0.29, 0.717) is 6.04 Å². The second-order valence-corrected chi connectivity index (χ2v) is 4.95. The molecule has 0 aromatic heterocycles. The van der Waals surface area contributed by atoms with Gasteiger partial charge in [0.2, 0.25) is 5.91 Å². The van der Waals surface area contributed by atoms with E-state index in [9.17, 15) is 4.79 Å². The summed E-state index contributed by atoms with van der Waals surface area (Å²) in [5, 5.41) is 0. The molecule has 1 aliphatic heterocycles. The van der Waals surface area contributed by atoms with Crippen LogP contribution in [0.25, 0.3) is 0 Å². The summed E-state index contributed by atoms with van der Waals surface area (Å²) in [6.07, 6.45) is 4.92. The van der Waals surface area contributed by atoms with Crippen molar-refractivity contribution in [2.24, 2.45) is 0 Å². The van der Waals surface area contributed by atoms with Gasteiger partial charge < -0.3 is 9.80 Å². The molecule has 2 rings (SSSR count). The van der Waals surface area contributed by atoms with Crippen molar-refractivity contribution >= 4 is 17.5 Å². The fraction of sp³-hybridized carbons (Fsp3) is 0.909. The van der Waals surface area contributed by atoms with Gasteiger partial charge in [-0.1, -0.05) is 0 Å². The molecule has 2 aliphatic rings. The zero-order valence-electron chi connectivity index (χ0n) is 9.29. The largest absolute Gasteiger partial charge is 0.337 e. The van der Waals surface area contributed by atoms with Crippen LogP contribution in [0.15, 0.2) is 0 Å². The smallest absolute Gasteiger partial charge is 0.237 e. The van der Waals surface area contributed by atoms with Crippen LogP contribution in [0.5, 0.6) is 0 Å². The number of alkyl halides is 1. The van der Waals surface area contributed by atoms with E-state index < -0.39 is 0 Å². The first-order valence-electron chi connectivity index (χ1n) is 5.78. The average molecular weight is 231 g/mol. The summed E-state index contributed by atoms with van der Waals surface area (Å²) in [4.78, 5) is 15.9. The summed E-state index contributed by atoms with van der Waals surface area (Å²) in [7, 11) is 2.17. The SMILES string of the molecule is CN(C[C@@H]1CCCN1C(=O)CCl)C1CC1. The maximum absolute atomic E-state index is 11.6. The molecule has 86 valence electrons. The minimum Gasteiger partial charge on any atom is -0.337 e. The van der Waals surface area contributed by atoms with E-state index in [1.807, 2.05) is 4.90 Å². The summed E-state index contributed by atoms with van der Waals surface area (Å²) in [5.74, 6) is 0.229. The average Bonchev–Trinajstić information content (AvgIpc) is 2.99. The van der Waals surface area contributed by atoms with Crippen LogP contribution in [-0.4, -0.2) is 53.8 Å². The third-order valence-corrected chi connectivity index (χ3v) is 3.71. The van der Waals surface area contributed by atoms with E-state index in [1.165, 1.54) is 12.8 Å². The molecular weight excluding hydrogens is 212 g/mol. The number of carbonyl (C=O) groups excluding carboxylic acids is 1. The van der Waals surface area contributed by atoms with Gasteiger partial charge in [-0.25, -0.2) is 0 Å². The van der Waals surface area contributed by atoms with E-state index in [0.717, 1.165) is 32.0 Å². The maximum atomic E-state index is 11.6. The zero-order valence-corrected chi connectivity index (χ0v) is 10.0. The molecule has 0 aromatic carbocycles. The molecule has 2 fully saturated rings. The van der Waals surface area contributed by atoms with Crippen molar-refractivity contribution in [1.29, 1.82) is 0 Å². The van der Waals surface area contributed by atoms with Crippen molar-refractivity contribution in [1.82, 2.24) is 9.80 Å². The van der Waals surface area contributed by atoms with E-state index in [1.54, 1.807) is 0 Å². The normalized spacial score (nSPS) is 26.3. The zero-order chi connectivity index (χ0) is 10.8. The van der Waals surface area contributed by atoms with Gasteiger partial charge in [0.05, 0.1) is 0 Å². The fourth-order valence-electron chi connectivity index (χ4n) is 2.43. The lowest BCUT2D eigenvalue weighted by atomic mass is 10.2. The molecule has 3 nitrogen and oxygen atoms in total. The lowest BCUT2D eigenvalue weighted by Gasteiger charge is -2.28. The Hall–Kier alpha value is -0.280. The minimum atomic E-state index is 0.100. The summed E-state index contributed by atoms with van der Waals surface area (Å²) in [6, 6.07) is 1.18. The van der Waals surface area contributed by atoms with Crippen molar-refractivity contribution in [2.45, 2.75) is 37.8 Å². The monoisotopic (exact) mass is 230 g/mol. The Bertz CT molecular complexity index is 243. The number of rotatable bonds is 4. The van der Waals surface area contributed by atoms with Crippen LogP contribution in [0.3, 0.4) is 0 Å². The van der Waals surface area contributed by atoms with Crippen LogP contribution in [0, 0.1) is 0 Å². The quantitative estimate of drug-likeness (QED) is 0.680. The van der Waals surface area contributed by atoms with Crippen molar-refractivity contribution in [3.63, 3.8) is 0 Å². The molecule has 1 saturated carbocycles. The molecule has 0 radical (unpaired) electrons. The molecule has 1 aliphatic carbocycles. The summed E-state index contributed by atoms with van der Waals surface area (Å²) in [5.41, 5.74) is 0. The summed E-state index contributed by atoms with van der Waals surface area (Å²) >= 11 is 5.60. The van der Waals surface area contributed by atoms with Gasteiger partial charge in [0.1, 0.15) is 5.88 Å². The maximum Gasteiger partial charge on any atom is 0.237 e. The van der Waals surface area contributed by atoms with Crippen molar-refractivity contribution in [3.8, 4) is 0 Å². The van der Waals surface area contributed by atoms with E-state index in [4.69, 9.17) is 11.6 Å². The Morgan fingerprint density at radius 3 is 2.80 bits per heavy atom. The van der Waals surface area contributed by atoms with Gasteiger partial charge in [-0.2, -0.15) is 0 Å². The van der Waals surface area contributed by atoms with Gasteiger partial charge in [0.15, 0.2) is 0 Å². The van der Waals surface area contributed by atoms with Crippen LogP contribution < -0.4 is 0 Å². The van der Waals surface area contributed by atoms with Crippen LogP contribution in [-0.2, 0) is 4.79 Å². The Morgan fingerprint density at radius 2 is 2.20 bits per heavy atom. The number of likely N-dealkylation sites (N-methyl/N-ethyl adjacent to an activating group) is 1. The molecule has 1 atom stereocenters. The molecule has 1 amide bonds. The highest BCUT2D eigenvalue weighted by molar-refractivity contribution is 6.27. The lowest BCUT2D eigenvalue weighted by Crippen LogP contribution is -2.43. The second kappa shape index (κ2) is 4.71. The van der Waals surface area contributed by atoms with Crippen molar-refractivity contribution in [3.05, 3.63) is 0 Å².